The van der Waals surface area contributed by atoms with Crippen molar-refractivity contribution in [3.63, 3.8) is 0 Å². The molecule has 0 aromatic carbocycles. The van der Waals surface area contributed by atoms with Gasteiger partial charge in [-0.2, -0.15) is 0 Å². The minimum atomic E-state index is -5.14. The Bertz CT molecular complexity index is 57.8. The molecule has 0 aliphatic carbocycles. The fourth-order valence-corrected chi connectivity index (χ4v) is 0. The van der Waals surface area contributed by atoms with E-state index in [9.17, 15) is 0 Å². The van der Waals surface area contributed by atoms with E-state index in [1.54, 1.807) is 0 Å². The summed E-state index contributed by atoms with van der Waals surface area (Å²) in [7, 11) is -5.14. The van der Waals surface area contributed by atoms with Gasteiger partial charge >= 0.3 is 37.7 Å². The van der Waals surface area contributed by atoms with E-state index in [0.29, 0.717) is 0 Å². The third kappa shape index (κ3) is 89.1. The number of halogens is 1. The quantitative estimate of drug-likeness (QED) is 0.334. The number of hydrogen-bond acceptors (Lipinski definition) is 3. The Morgan fingerprint density at radius 2 is 1.43 bits per heavy atom. The molecule has 0 unspecified atom stereocenters. The van der Waals surface area contributed by atoms with Crippen molar-refractivity contribution >= 4 is 58.0 Å². The van der Waals surface area contributed by atoms with E-state index in [1.807, 2.05) is 0 Å². The Balaban J connectivity index is -0.0000000800. The average molecular weight is 173 g/mol. The summed E-state index contributed by atoms with van der Waals surface area (Å²) in [5.74, 6) is 0. The second-order valence-electron chi connectivity index (χ2n) is 0.469. The van der Waals surface area contributed by atoms with Crippen molar-refractivity contribution in [1.29, 1.82) is 0 Å². The molecule has 0 saturated heterocycles. The zero-order valence-corrected chi connectivity index (χ0v) is 7.15. The minimum Gasteiger partial charge on any atom is -0.790 e. The minimum absolute atomic E-state index is 0. The van der Waals surface area contributed by atoms with Crippen molar-refractivity contribution in [3.05, 3.63) is 0 Å². The smallest absolute Gasteiger partial charge is 0.790 e. The van der Waals surface area contributed by atoms with E-state index in [2.05, 4.69) is 0 Å². The average Bonchev–Trinajstić information content (AvgIpc) is 0.722. The van der Waals surface area contributed by atoms with Gasteiger partial charge in [0.05, 0.1) is 7.82 Å². The fourth-order valence-electron chi connectivity index (χ4n) is 0. The first kappa shape index (κ1) is 15.9. The monoisotopic (exact) mass is 172 g/mol. The maximum absolute atomic E-state index is 8.66. The van der Waals surface area contributed by atoms with Gasteiger partial charge in [0.15, 0.2) is 0 Å². The van der Waals surface area contributed by atoms with Crippen molar-refractivity contribution < 1.29 is 19.2 Å². The van der Waals surface area contributed by atoms with Crippen molar-refractivity contribution in [2.75, 3.05) is 0 Å². The predicted molar refractivity (Wildman–Crippen MR) is 22.8 cm³/mol. The largest absolute Gasteiger partial charge is 2.00 e. The molecule has 0 bridgehead atoms. The van der Waals surface area contributed by atoms with Crippen molar-refractivity contribution in [3.8, 4) is 0 Å². The van der Waals surface area contributed by atoms with Gasteiger partial charge in [0.25, 0.3) is 0 Å². The second-order valence-corrected chi connectivity index (χ2v) is 1.41. The third-order valence-corrected chi connectivity index (χ3v) is 0. The fraction of sp³-hybridized carbons (Fsp3) is 0. The normalized spacial score (nSPS) is 8.43. The van der Waals surface area contributed by atoms with Gasteiger partial charge in [0, 0.05) is 0 Å². The standard InChI is InChI=1S/Ca.ClH.H3O4P/c;;1-5(2,3)4/h;1H;(H3,1,2,3,4)/q+2;;/p-2. The maximum atomic E-state index is 8.66. The maximum Gasteiger partial charge on any atom is 2.00 e. The van der Waals surface area contributed by atoms with Gasteiger partial charge in [0.2, 0.25) is 0 Å². The molecular formula is H2CaClO4P. The molecule has 0 aromatic heterocycles. The molecular weight excluding hydrogens is 171 g/mol. The molecule has 0 aliphatic heterocycles. The first-order valence-electron chi connectivity index (χ1n) is 0.748. The van der Waals surface area contributed by atoms with Crippen LogP contribution in [0.5, 0.6) is 0 Å². The third-order valence-electron chi connectivity index (χ3n) is 0. The van der Waals surface area contributed by atoms with Crippen LogP contribution < -0.4 is 9.79 Å². The summed E-state index contributed by atoms with van der Waals surface area (Å²) in [4.78, 5) is 24.3. The first-order chi connectivity index (χ1) is 2.00. The molecule has 0 aromatic rings. The van der Waals surface area contributed by atoms with Crippen LogP contribution in [0.2, 0.25) is 0 Å². The van der Waals surface area contributed by atoms with Crippen molar-refractivity contribution in [2.45, 2.75) is 0 Å². The predicted octanol–water partition coefficient (Wildman–Crippen LogP) is -2.15. The van der Waals surface area contributed by atoms with Crippen LogP contribution in [0.4, 0.5) is 0 Å². The number of hydrogen-bond donors (Lipinski definition) is 1. The van der Waals surface area contributed by atoms with Crippen LogP contribution in [0.3, 0.4) is 0 Å². The second kappa shape index (κ2) is 5.79. The zero-order valence-electron chi connectivity index (χ0n) is 3.23. The van der Waals surface area contributed by atoms with Gasteiger partial charge in [-0.3, -0.25) is 0 Å². The Morgan fingerprint density at radius 3 is 1.43 bits per heavy atom. The summed E-state index contributed by atoms with van der Waals surface area (Å²) in [6, 6.07) is 0. The Kier molecular flexibility index (Phi) is 13.1. The van der Waals surface area contributed by atoms with E-state index in [1.165, 1.54) is 0 Å². The van der Waals surface area contributed by atoms with Gasteiger partial charge in [-0.05, 0) is 0 Å². The molecule has 4 nitrogen and oxygen atoms in total. The van der Waals surface area contributed by atoms with Gasteiger partial charge in [0.1, 0.15) is 0 Å². The van der Waals surface area contributed by atoms with Crippen LogP contribution in [0.25, 0.3) is 0 Å². The molecule has 7 heteroatoms. The van der Waals surface area contributed by atoms with Crippen LogP contribution in [0.15, 0.2) is 0 Å². The summed E-state index contributed by atoms with van der Waals surface area (Å²) < 4.78 is 8.66. The summed E-state index contributed by atoms with van der Waals surface area (Å²) >= 11 is 0. The SMILES string of the molecule is Cl.O=P([O-])([O-])O.[Ca+2]. The molecule has 0 fully saturated rings. The van der Waals surface area contributed by atoms with E-state index in [4.69, 9.17) is 19.2 Å². The molecule has 0 rings (SSSR count). The Labute approximate surface area is 76.6 Å². The van der Waals surface area contributed by atoms with E-state index in [-0.39, 0.29) is 50.1 Å². The van der Waals surface area contributed by atoms with E-state index >= 15 is 0 Å². The topological polar surface area (TPSA) is 83.4 Å². The molecule has 0 amide bonds. The number of rotatable bonds is 0. The molecule has 0 aliphatic rings. The Hall–Kier alpha value is 1.66. The van der Waals surface area contributed by atoms with Gasteiger partial charge in [-0.15, -0.1) is 12.4 Å². The molecule has 0 spiro atoms. The van der Waals surface area contributed by atoms with Crippen LogP contribution in [-0.4, -0.2) is 42.6 Å². The summed E-state index contributed by atoms with van der Waals surface area (Å²) in [6.07, 6.45) is 0. The van der Waals surface area contributed by atoms with Crippen molar-refractivity contribution in [2.24, 2.45) is 0 Å². The Morgan fingerprint density at radius 1 is 1.43 bits per heavy atom. The van der Waals surface area contributed by atoms with Gasteiger partial charge < -0.3 is 19.2 Å². The molecule has 7 heavy (non-hydrogen) atoms. The van der Waals surface area contributed by atoms with Crippen LogP contribution in [0, 0.1) is 0 Å². The molecule has 0 radical (unpaired) electrons. The molecule has 0 atom stereocenters. The summed E-state index contributed by atoms with van der Waals surface area (Å²) in [5, 5.41) is 0. The molecule has 0 heterocycles. The van der Waals surface area contributed by atoms with E-state index < -0.39 is 7.82 Å². The van der Waals surface area contributed by atoms with Crippen LogP contribution in [0.1, 0.15) is 0 Å². The van der Waals surface area contributed by atoms with Crippen LogP contribution >= 0.6 is 20.2 Å². The molecule has 40 valence electrons. The number of phosphoric acid groups is 1. The van der Waals surface area contributed by atoms with Crippen LogP contribution in [-0.2, 0) is 4.57 Å². The molecule has 0 saturated carbocycles. The molecule has 1 N–H and O–H groups in total. The van der Waals surface area contributed by atoms with Crippen molar-refractivity contribution in [1.82, 2.24) is 0 Å². The zero-order chi connectivity index (χ0) is 4.50. The van der Waals surface area contributed by atoms with Gasteiger partial charge in [-0.1, -0.05) is 0 Å². The summed E-state index contributed by atoms with van der Waals surface area (Å²) in [5.41, 5.74) is 0. The summed E-state index contributed by atoms with van der Waals surface area (Å²) in [6.45, 7) is 0. The first-order valence-corrected chi connectivity index (χ1v) is 2.24. The van der Waals surface area contributed by atoms with Gasteiger partial charge in [-0.25, -0.2) is 0 Å². The van der Waals surface area contributed by atoms with E-state index in [0.717, 1.165) is 0 Å².